The fourth-order valence-electron chi connectivity index (χ4n) is 1.99. The number of rotatable bonds is 5. The second-order valence-electron chi connectivity index (χ2n) is 4.72. The Hall–Kier alpha value is -1.79. The van der Waals surface area contributed by atoms with Gasteiger partial charge < -0.3 is 5.73 Å². The molecule has 0 aliphatic carbocycles. The van der Waals surface area contributed by atoms with Crippen LogP contribution in [0.15, 0.2) is 23.6 Å². The zero-order chi connectivity index (χ0) is 14.7. The molecule has 1 atom stereocenters. The Morgan fingerprint density at radius 2 is 2.25 bits per heavy atom. The van der Waals surface area contributed by atoms with Crippen LogP contribution in [0.3, 0.4) is 0 Å². The van der Waals surface area contributed by atoms with Crippen LogP contribution in [0.5, 0.6) is 0 Å². The summed E-state index contributed by atoms with van der Waals surface area (Å²) in [7, 11) is 0. The third-order valence-corrected chi connectivity index (χ3v) is 4.12. The topological polar surface area (TPSA) is 82.0 Å². The summed E-state index contributed by atoms with van der Waals surface area (Å²) < 4.78 is 0. The Morgan fingerprint density at radius 1 is 1.50 bits per heavy atom. The second kappa shape index (κ2) is 6.11. The van der Waals surface area contributed by atoms with Gasteiger partial charge in [-0.05, 0) is 13.3 Å². The van der Waals surface area contributed by atoms with Crippen molar-refractivity contribution in [2.75, 3.05) is 0 Å². The van der Waals surface area contributed by atoms with Crippen LogP contribution in [0.4, 0.5) is 5.69 Å². The fourth-order valence-corrected chi connectivity index (χ4v) is 2.86. The standard InChI is InChI=1S/C14H17N3O2S/c1-3-4-11(15)14-16-12(8-20-14)10-6-5-9(2)13(7-10)17(18)19/h5-8,11H,3-4,15H2,1-2H3. The van der Waals surface area contributed by atoms with Gasteiger partial charge in [0, 0.05) is 22.6 Å². The number of nitro benzene ring substituents is 1. The van der Waals surface area contributed by atoms with Crippen molar-refractivity contribution in [3.63, 3.8) is 0 Å². The lowest BCUT2D eigenvalue weighted by molar-refractivity contribution is -0.385. The van der Waals surface area contributed by atoms with Gasteiger partial charge in [-0.25, -0.2) is 4.98 Å². The van der Waals surface area contributed by atoms with E-state index in [0.29, 0.717) is 5.56 Å². The first-order chi connectivity index (χ1) is 9.52. The smallest absolute Gasteiger partial charge is 0.272 e. The summed E-state index contributed by atoms with van der Waals surface area (Å²) in [6, 6.07) is 5.11. The molecule has 0 aliphatic heterocycles. The summed E-state index contributed by atoms with van der Waals surface area (Å²) in [5.74, 6) is 0. The number of nitrogens with two attached hydrogens (primary N) is 1. The Kier molecular flexibility index (Phi) is 4.46. The normalized spacial score (nSPS) is 12.3. The van der Waals surface area contributed by atoms with Crippen molar-refractivity contribution in [3.8, 4) is 11.3 Å². The van der Waals surface area contributed by atoms with E-state index in [1.165, 1.54) is 11.3 Å². The van der Waals surface area contributed by atoms with E-state index in [1.807, 2.05) is 11.4 Å². The lowest BCUT2D eigenvalue weighted by Gasteiger charge is -2.05. The number of hydrogen-bond donors (Lipinski definition) is 1. The molecule has 0 saturated carbocycles. The molecular weight excluding hydrogens is 274 g/mol. The highest BCUT2D eigenvalue weighted by Crippen LogP contribution is 2.29. The Labute approximate surface area is 121 Å². The molecule has 0 aliphatic rings. The van der Waals surface area contributed by atoms with Crippen molar-refractivity contribution in [3.05, 3.63) is 44.3 Å². The molecule has 5 nitrogen and oxygen atoms in total. The van der Waals surface area contributed by atoms with Gasteiger partial charge >= 0.3 is 0 Å². The summed E-state index contributed by atoms with van der Waals surface area (Å²) in [5, 5.41) is 13.8. The number of nitro groups is 1. The monoisotopic (exact) mass is 291 g/mol. The van der Waals surface area contributed by atoms with Gasteiger partial charge in [0.25, 0.3) is 5.69 Å². The van der Waals surface area contributed by atoms with E-state index < -0.39 is 0 Å². The number of aromatic nitrogens is 1. The van der Waals surface area contributed by atoms with Crippen molar-refractivity contribution >= 4 is 17.0 Å². The van der Waals surface area contributed by atoms with E-state index in [2.05, 4.69) is 11.9 Å². The fraction of sp³-hybridized carbons (Fsp3) is 0.357. The van der Waals surface area contributed by atoms with Crippen LogP contribution < -0.4 is 5.73 Å². The molecule has 0 radical (unpaired) electrons. The Bertz CT molecular complexity index is 625. The molecule has 0 amide bonds. The van der Waals surface area contributed by atoms with Crippen LogP contribution in [0.1, 0.15) is 36.4 Å². The Morgan fingerprint density at radius 3 is 2.90 bits per heavy atom. The summed E-state index contributed by atoms with van der Waals surface area (Å²) >= 11 is 1.50. The van der Waals surface area contributed by atoms with Gasteiger partial charge in [-0.1, -0.05) is 25.5 Å². The number of nitrogens with zero attached hydrogens (tertiary/aromatic N) is 2. The van der Waals surface area contributed by atoms with E-state index in [9.17, 15) is 10.1 Å². The number of hydrogen-bond acceptors (Lipinski definition) is 5. The van der Waals surface area contributed by atoms with Crippen LogP contribution in [0.25, 0.3) is 11.3 Å². The van der Waals surface area contributed by atoms with Gasteiger partial charge in [0.2, 0.25) is 0 Å². The van der Waals surface area contributed by atoms with Gasteiger partial charge in [0.05, 0.1) is 16.7 Å². The molecule has 6 heteroatoms. The number of thiazole rings is 1. The molecule has 2 N–H and O–H groups in total. The van der Waals surface area contributed by atoms with Gasteiger partial charge in [-0.3, -0.25) is 10.1 Å². The molecule has 0 spiro atoms. The van der Waals surface area contributed by atoms with Crippen LogP contribution in [-0.2, 0) is 0 Å². The molecule has 20 heavy (non-hydrogen) atoms. The molecular formula is C14H17N3O2S. The first-order valence-electron chi connectivity index (χ1n) is 6.49. The maximum atomic E-state index is 11.0. The zero-order valence-electron chi connectivity index (χ0n) is 11.5. The quantitative estimate of drug-likeness (QED) is 0.670. The Balaban J connectivity index is 2.33. The summed E-state index contributed by atoms with van der Waals surface area (Å²) in [5.41, 5.74) is 8.32. The maximum Gasteiger partial charge on any atom is 0.272 e. The van der Waals surface area contributed by atoms with Gasteiger partial charge in [-0.15, -0.1) is 11.3 Å². The van der Waals surface area contributed by atoms with E-state index in [1.54, 1.807) is 19.1 Å². The van der Waals surface area contributed by atoms with Crippen molar-refractivity contribution in [2.45, 2.75) is 32.7 Å². The van der Waals surface area contributed by atoms with E-state index in [-0.39, 0.29) is 16.7 Å². The molecule has 1 heterocycles. The predicted molar refractivity (Wildman–Crippen MR) is 80.8 cm³/mol. The average molecular weight is 291 g/mol. The second-order valence-corrected chi connectivity index (χ2v) is 5.61. The summed E-state index contributed by atoms with van der Waals surface area (Å²) in [4.78, 5) is 15.1. The minimum Gasteiger partial charge on any atom is -0.322 e. The predicted octanol–water partition coefficient (Wildman–Crippen LogP) is 3.83. The van der Waals surface area contributed by atoms with Crippen molar-refractivity contribution < 1.29 is 4.92 Å². The number of benzene rings is 1. The molecule has 1 aromatic heterocycles. The first-order valence-corrected chi connectivity index (χ1v) is 7.37. The van der Waals surface area contributed by atoms with Crippen molar-refractivity contribution in [2.24, 2.45) is 5.73 Å². The van der Waals surface area contributed by atoms with Crippen LogP contribution in [0.2, 0.25) is 0 Å². The molecule has 2 aromatic rings. The number of aryl methyl sites for hydroxylation is 1. The molecule has 1 aromatic carbocycles. The lowest BCUT2D eigenvalue weighted by atomic mass is 10.1. The average Bonchev–Trinajstić information content (AvgIpc) is 2.89. The largest absolute Gasteiger partial charge is 0.322 e. The highest BCUT2D eigenvalue weighted by molar-refractivity contribution is 7.10. The molecule has 1 unspecified atom stereocenters. The highest BCUT2D eigenvalue weighted by Gasteiger charge is 2.15. The summed E-state index contributed by atoms with van der Waals surface area (Å²) in [6.07, 6.45) is 1.90. The molecule has 0 fully saturated rings. The van der Waals surface area contributed by atoms with Gasteiger partial charge in [0.15, 0.2) is 0 Å². The van der Waals surface area contributed by atoms with E-state index in [4.69, 9.17) is 5.73 Å². The zero-order valence-corrected chi connectivity index (χ0v) is 12.3. The van der Waals surface area contributed by atoms with Crippen LogP contribution >= 0.6 is 11.3 Å². The van der Waals surface area contributed by atoms with Crippen LogP contribution in [-0.4, -0.2) is 9.91 Å². The maximum absolute atomic E-state index is 11.0. The van der Waals surface area contributed by atoms with E-state index in [0.717, 1.165) is 29.1 Å². The van der Waals surface area contributed by atoms with Crippen LogP contribution in [0, 0.1) is 17.0 Å². The highest BCUT2D eigenvalue weighted by atomic mass is 32.1. The van der Waals surface area contributed by atoms with Gasteiger partial charge in [0.1, 0.15) is 5.01 Å². The van der Waals surface area contributed by atoms with E-state index >= 15 is 0 Å². The summed E-state index contributed by atoms with van der Waals surface area (Å²) in [6.45, 7) is 3.81. The SMILES string of the molecule is CCCC(N)c1nc(-c2ccc(C)c([N+](=O)[O-])c2)cs1. The lowest BCUT2D eigenvalue weighted by Crippen LogP contribution is -2.09. The minimum atomic E-state index is -0.366. The van der Waals surface area contributed by atoms with Crippen molar-refractivity contribution in [1.29, 1.82) is 0 Å². The van der Waals surface area contributed by atoms with Gasteiger partial charge in [-0.2, -0.15) is 0 Å². The molecule has 2 rings (SSSR count). The minimum absolute atomic E-state index is 0.0563. The molecule has 106 valence electrons. The third kappa shape index (κ3) is 3.02. The van der Waals surface area contributed by atoms with Crippen molar-refractivity contribution in [1.82, 2.24) is 4.98 Å². The molecule has 0 bridgehead atoms. The first kappa shape index (κ1) is 14.6. The molecule has 0 saturated heterocycles. The third-order valence-electron chi connectivity index (χ3n) is 3.14.